The third-order valence-electron chi connectivity index (χ3n) is 5.29. The summed E-state index contributed by atoms with van der Waals surface area (Å²) < 4.78 is 5.58. The van der Waals surface area contributed by atoms with Gasteiger partial charge in [0.05, 0.1) is 17.7 Å². The molecule has 1 N–H and O–H groups in total. The number of amides is 3. The average molecular weight is 424 g/mol. The second kappa shape index (κ2) is 11.3. The van der Waals surface area contributed by atoms with Crippen LogP contribution in [0.1, 0.15) is 52.0 Å². The fraction of sp³-hybridized carbons (Fsp3) is 0.375. The lowest BCUT2D eigenvalue weighted by Crippen LogP contribution is -2.32. The Bertz CT molecular complexity index is 865. The highest BCUT2D eigenvalue weighted by Crippen LogP contribution is 2.22. The Morgan fingerprint density at radius 2 is 1.45 bits per heavy atom. The topological polar surface area (TPSA) is 87.2 Å². The highest BCUT2D eigenvalue weighted by atomic mass is 16.5. The van der Waals surface area contributed by atoms with Crippen LogP contribution in [0, 0.1) is 0 Å². The molecular formula is C24H28N2O5. The number of fused-ring (bicyclic) bond motifs is 1. The summed E-state index contributed by atoms with van der Waals surface area (Å²) in [7, 11) is 0. The molecule has 3 rings (SSSR count). The van der Waals surface area contributed by atoms with Crippen molar-refractivity contribution in [3.05, 3.63) is 71.3 Å². The normalized spacial score (nSPS) is 12.8. The molecule has 0 aliphatic carbocycles. The predicted octanol–water partition coefficient (Wildman–Crippen LogP) is 4.04. The Morgan fingerprint density at radius 3 is 2.10 bits per heavy atom. The van der Waals surface area contributed by atoms with Crippen LogP contribution in [0.5, 0.6) is 0 Å². The Hall–Kier alpha value is -3.19. The first-order valence-corrected chi connectivity index (χ1v) is 10.6. The summed E-state index contributed by atoms with van der Waals surface area (Å²) in [6.45, 7) is 2.02. The lowest BCUT2D eigenvalue weighted by Gasteiger charge is -2.19. The van der Waals surface area contributed by atoms with Gasteiger partial charge < -0.3 is 14.7 Å². The SMILES string of the molecule is O=C(O)N(CCOCCCCCCN1C(=O)c2ccccc2C1=O)Cc1ccccc1. The molecule has 0 aromatic heterocycles. The molecule has 0 bridgehead atoms. The summed E-state index contributed by atoms with van der Waals surface area (Å²) >= 11 is 0. The van der Waals surface area contributed by atoms with Crippen LogP contribution in [0.4, 0.5) is 4.79 Å². The quantitative estimate of drug-likeness (QED) is 0.410. The Kier molecular flexibility index (Phi) is 8.18. The third-order valence-corrected chi connectivity index (χ3v) is 5.29. The van der Waals surface area contributed by atoms with Gasteiger partial charge in [-0.3, -0.25) is 14.5 Å². The molecule has 3 amide bonds. The molecule has 0 fully saturated rings. The standard InChI is InChI=1S/C24H28N2O5/c27-22-20-12-6-7-13-21(20)23(28)26(22)14-8-1-2-9-16-31-17-15-25(24(29)30)18-19-10-4-3-5-11-19/h3-7,10-13H,1-2,8-9,14-18H2,(H,29,30). The van der Waals surface area contributed by atoms with Crippen molar-refractivity contribution in [3.8, 4) is 0 Å². The molecule has 1 aliphatic heterocycles. The molecule has 7 nitrogen and oxygen atoms in total. The van der Waals surface area contributed by atoms with Crippen LogP contribution in [0.15, 0.2) is 54.6 Å². The lowest BCUT2D eigenvalue weighted by molar-refractivity contribution is 0.0650. The summed E-state index contributed by atoms with van der Waals surface area (Å²) in [6.07, 6.45) is 2.48. The number of carbonyl (C=O) groups is 3. The van der Waals surface area contributed by atoms with Crippen LogP contribution in [0.3, 0.4) is 0 Å². The van der Waals surface area contributed by atoms with Gasteiger partial charge in [0.1, 0.15) is 0 Å². The minimum atomic E-state index is -0.958. The minimum Gasteiger partial charge on any atom is -0.465 e. The van der Waals surface area contributed by atoms with Gasteiger partial charge in [-0.15, -0.1) is 0 Å². The molecule has 31 heavy (non-hydrogen) atoms. The molecule has 0 unspecified atom stereocenters. The largest absolute Gasteiger partial charge is 0.465 e. The van der Waals surface area contributed by atoms with E-state index in [0.717, 1.165) is 31.2 Å². The highest BCUT2D eigenvalue weighted by molar-refractivity contribution is 6.21. The molecule has 164 valence electrons. The van der Waals surface area contributed by atoms with Crippen molar-refractivity contribution in [2.24, 2.45) is 0 Å². The average Bonchev–Trinajstić information content (AvgIpc) is 3.02. The second-order valence-corrected chi connectivity index (χ2v) is 7.52. The first kappa shape index (κ1) is 22.5. The number of ether oxygens (including phenoxy) is 1. The van der Waals surface area contributed by atoms with Gasteiger partial charge in [0, 0.05) is 26.2 Å². The van der Waals surface area contributed by atoms with E-state index in [-0.39, 0.29) is 11.8 Å². The molecule has 2 aromatic carbocycles. The van der Waals surface area contributed by atoms with Crippen LogP contribution in [-0.4, -0.2) is 59.1 Å². The van der Waals surface area contributed by atoms with Gasteiger partial charge in [0.2, 0.25) is 0 Å². The zero-order valence-corrected chi connectivity index (χ0v) is 17.5. The maximum atomic E-state index is 12.3. The van der Waals surface area contributed by atoms with Crippen LogP contribution in [0.2, 0.25) is 0 Å². The maximum Gasteiger partial charge on any atom is 0.407 e. The van der Waals surface area contributed by atoms with E-state index in [0.29, 0.717) is 44.0 Å². The van der Waals surface area contributed by atoms with Gasteiger partial charge in [0.25, 0.3) is 11.8 Å². The molecule has 7 heteroatoms. The Balaban J connectivity index is 1.25. The summed E-state index contributed by atoms with van der Waals surface area (Å²) in [5, 5.41) is 9.34. The van der Waals surface area contributed by atoms with Gasteiger partial charge in [-0.25, -0.2) is 4.79 Å². The van der Waals surface area contributed by atoms with E-state index >= 15 is 0 Å². The number of carboxylic acid groups (broad SMARTS) is 1. The van der Waals surface area contributed by atoms with Crippen LogP contribution < -0.4 is 0 Å². The number of hydrogen-bond acceptors (Lipinski definition) is 4. The molecule has 1 heterocycles. The van der Waals surface area contributed by atoms with Crippen molar-refractivity contribution in [1.29, 1.82) is 0 Å². The van der Waals surface area contributed by atoms with Gasteiger partial charge in [-0.1, -0.05) is 55.3 Å². The van der Waals surface area contributed by atoms with E-state index in [1.165, 1.54) is 9.80 Å². The van der Waals surface area contributed by atoms with Crippen molar-refractivity contribution in [1.82, 2.24) is 9.80 Å². The number of hydrogen-bond donors (Lipinski definition) is 1. The Morgan fingerprint density at radius 1 is 0.839 bits per heavy atom. The lowest BCUT2D eigenvalue weighted by atomic mass is 10.1. The molecule has 1 aliphatic rings. The van der Waals surface area contributed by atoms with Crippen molar-refractivity contribution >= 4 is 17.9 Å². The number of unbranched alkanes of at least 4 members (excludes halogenated alkanes) is 3. The van der Waals surface area contributed by atoms with Gasteiger partial charge >= 0.3 is 6.09 Å². The van der Waals surface area contributed by atoms with E-state index in [1.54, 1.807) is 24.3 Å². The number of carbonyl (C=O) groups excluding carboxylic acids is 2. The summed E-state index contributed by atoms with van der Waals surface area (Å²) in [5.74, 6) is -0.412. The van der Waals surface area contributed by atoms with Gasteiger partial charge in [-0.05, 0) is 30.5 Å². The first-order valence-electron chi connectivity index (χ1n) is 10.6. The number of benzene rings is 2. The van der Waals surface area contributed by atoms with E-state index in [4.69, 9.17) is 4.74 Å². The molecular weight excluding hydrogens is 396 g/mol. The van der Waals surface area contributed by atoms with E-state index in [1.807, 2.05) is 30.3 Å². The first-order chi connectivity index (χ1) is 15.1. The van der Waals surface area contributed by atoms with Crippen molar-refractivity contribution in [2.45, 2.75) is 32.2 Å². The summed E-state index contributed by atoms with van der Waals surface area (Å²) in [6, 6.07) is 16.4. The van der Waals surface area contributed by atoms with Crippen LogP contribution in [0.25, 0.3) is 0 Å². The minimum absolute atomic E-state index is 0.206. The van der Waals surface area contributed by atoms with Gasteiger partial charge in [0.15, 0.2) is 0 Å². The van der Waals surface area contributed by atoms with Gasteiger partial charge in [-0.2, -0.15) is 0 Å². The maximum absolute atomic E-state index is 12.3. The zero-order chi connectivity index (χ0) is 22.1. The fourth-order valence-corrected chi connectivity index (χ4v) is 3.59. The summed E-state index contributed by atoms with van der Waals surface area (Å²) in [4.78, 5) is 38.7. The molecule has 0 saturated heterocycles. The van der Waals surface area contributed by atoms with E-state index in [9.17, 15) is 19.5 Å². The number of rotatable bonds is 12. The molecule has 0 saturated carbocycles. The number of nitrogens with zero attached hydrogens (tertiary/aromatic N) is 2. The smallest absolute Gasteiger partial charge is 0.407 e. The fourth-order valence-electron chi connectivity index (χ4n) is 3.59. The Labute approximate surface area is 182 Å². The van der Waals surface area contributed by atoms with Crippen LogP contribution in [-0.2, 0) is 11.3 Å². The van der Waals surface area contributed by atoms with Crippen LogP contribution >= 0.6 is 0 Å². The van der Waals surface area contributed by atoms with E-state index < -0.39 is 6.09 Å². The van der Waals surface area contributed by atoms with Crippen molar-refractivity contribution < 1.29 is 24.2 Å². The van der Waals surface area contributed by atoms with Crippen molar-refractivity contribution in [3.63, 3.8) is 0 Å². The zero-order valence-electron chi connectivity index (χ0n) is 17.5. The number of imide groups is 1. The van der Waals surface area contributed by atoms with E-state index in [2.05, 4.69) is 0 Å². The summed E-state index contributed by atoms with van der Waals surface area (Å²) in [5.41, 5.74) is 1.93. The molecule has 0 radical (unpaired) electrons. The van der Waals surface area contributed by atoms with Crippen molar-refractivity contribution in [2.75, 3.05) is 26.3 Å². The second-order valence-electron chi connectivity index (χ2n) is 7.52. The highest BCUT2D eigenvalue weighted by Gasteiger charge is 2.34. The molecule has 0 atom stereocenters. The monoisotopic (exact) mass is 424 g/mol. The molecule has 0 spiro atoms. The molecule has 2 aromatic rings. The predicted molar refractivity (Wildman–Crippen MR) is 116 cm³/mol. The third kappa shape index (κ3) is 6.15.